The van der Waals surface area contributed by atoms with E-state index in [0.29, 0.717) is 24.3 Å². The van der Waals surface area contributed by atoms with Crippen molar-refractivity contribution in [1.82, 2.24) is 9.78 Å². The maximum atomic E-state index is 12.2. The van der Waals surface area contributed by atoms with Gasteiger partial charge in [0.15, 0.2) is 0 Å². The van der Waals surface area contributed by atoms with E-state index in [4.69, 9.17) is 5.73 Å². The van der Waals surface area contributed by atoms with Crippen LogP contribution in [0, 0.1) is 6.92 Å². The van der Waals surface area contributed by atoms with E-state index in [1.165, 1.54) is 10.7 Å². The SMILES string of the molecule is Cc1ccc(-c2ccc(=O)n(CCCC(=O)Nc3ccccc3C(N)=O)n2)cc1. The van der Waals surface area contributed by atoms with Gasteiger partial charge in [-0.05, 0) is 31.5 Å². The summed E-state index contributed by atoms with van der Waals surface area (Å²) in [5, 5.41) is 7.09. The third-order valence-corrected chi connectivity index (χ3v) is 4.45. The second-order valence-electron chi connectivity index (χ2n) is 6.71. The van der Waals surface area contributed by atoms with Crippen LogP contribution in [0.2, 0.25) is 0 Å². The molecule has 0 aliphatic carbocycles. The number of nitrogens with one attached hydrogen (secondary N) is 1. The molecule has 0 aliphatic rings. The summed E-state index contributed by atoms with van der Waals surface area (Å²) in [6.45, 7) is 2.31. The molecule has 2 amide bonds. The Morgan fingerprint density at radius 2 is 1.76 bits per heavy atom. The predicted octanol–water partition coefficient (Wildman–Crippen LogP) is 2.74. The molecular formula is C22H22N4O3. The smallest absolute Gasteiger partial charge is 0.266 e. The second-order valence-corrected chi connectivity index (χ2v) is 6.71. The summed E-state index contributed by atoms with van der Waals surface area (Å²) in [5.41, 5.74) is 8.49. The first-order valence-electron chi connectivity index (χ1n) is 9.28. The monoisotopic (exact) mass is 390 g/mol. The summed E-state index contributed by atoms with van der Waals surface area (Å²) in [4.78, 5) is 35.7. The Kier molecular flexibility index (Phi) is 6.19. The number of primary amides is 1. The second kappa shape index (κ2) is 8.97. The van der Waals surface area contributed by atoms with Crippen molar-refractivity contribution < 1.29 is 9.59 Å². The van der Waals surface area contributed by atoms with Gasteiger partial charge in [0.05, 0.1) is 16.9 Å². The molecule has 2 aromatic carbocycles. The van der Waals surface area contributed by atoms with Crippen molar-refractivity contribution in [2.24, 2.45) is 5.73 Å². The van der Waals surface area contributed by atoms with E-state index in [1.54, 1.807) is 30.3 Å². The fourth-order valence-corrected chi connectivity index (χ4v) is 2.90. The van der Waals surface area contributed by atoms with Crippen molar-refractivity contribution in [1.29, 1.82) is 0 Å². The average Bonchev–Trinajstić information content (AvgIpc) is 2.70. The number of nitrogens with two attached hydrogens (primary N) is 1. The number of hydrogen-bond donors (Lipinski definition) is 2. The fourth-order valence-electron chi connectivity index (χ4n) is 2.90. The van der Waals surface area contributed by atoms with E-state index < -0.39 is 5.91 Å². The molecule has 0 saturated heterocycles. The lowest BCUT2D eigenvalue weighted by molar-refractivity contribution is -0.116. The van der Waals surface area contributed by atoms with Crippen LogP contribution < -0.4 is 16.6 Å². The fraction of sp³-hybridized carbons (Fsp3) is 0.182. The summed E-state index contributed by atoms with van der Waals surface area (Å²) in [6.07, 6.45) is 0.602. The lowest BCUT2D eigenvalue weighted by atomic mass is 10.1. The highest BCUT2D eigenvalue weighted by Crippen LogP contribution is 2.16. The maximum Gasteiger partial charge on any atom is 0.266 e. The van der Waals surface area contributed by atoms with Crippen molar-refractivity contribution in [2.75, 3.05) is 5.32 Å². The third kappa shape index (κ3) is 5.16. The lowest BCUT2D eigenvalue weighted by Crippen LogP contribution is -2.23. The van der Waals surface area contributed by atoms with Gasteiger partial charge >= 0.3 is 0 Å². The van der Waals surface area contributed by atoms with E-state index in [1.807, 2.05) is 31.2 Å². The zero-order valence-electron chi connectivity index (χ0n) is 16.1. The van der Waals surface area contributed by atoms with Crippen molar-refractivity contribution in [3.63, 3.8) is 0 Å². The normalized spacial score (nSPS) is 10.5. The van der Waals surface area contributed by atoms with Crippen molar-refractivity contribution in [3.05, 3.63) is 82.1 Å². The van der Waals surface area contributed by atoms with E-state index in [0.717, 1.165) is 11.1 Å². The number of para-hydroxylation sites is 1. The largest absolute Gasteiger partial charge is 0.366 e. The van der Waals surface area contributed by atoms with Crippen LogP contribution in [0.5, 0.6) is 0 Å². The Balaban J connectivity index is 1.62. The molecule has 0 fully saturated rings. The molecule has 1 heterocycles. The van der Waals surface area contributed by atoms with Gasteiger partial charge < -0.3 is 11.1 Å². The quantitative estimate of drug-likeness (QED) is 0.647. The highest BCUT2D eigenvalue weighted by Gasteiger charge is 2.10. The predicted molar refractivity (Wildman–Crippen MR) is 111 cm³/mol. The van der Waals surface area contributed by atoms with Crippen LogP contribution in [0.1, 0.15) is 28.8 Å². The van der Waals surface area contributed by atoms with Gasteiger partial charge in [-0.3, -0.25) is 14.4 Å². The van der Waals surface area contributed by atoms with Crippen LogP contribution >= 0.6 is 0 Å². The topological polar surface area (TPSA) is 107 Å². The Labute approximate surface area is 168 Å². The van der Waals surface area contributed by atoms with Crippen LogP contribution in [-0.4, -0.2) is 21.6 Å². The minimum Gasteiger partial charge on any atom is -0.366 e. The molecule has 0 unspecified atom stereocenters. The third-order valence-electron chi connectivity index (χ3n) is 4.45. The number of amides is 2. The number of benzene rings is 2. The van der Waals surface area contributed by atoms with E-state index >= 15 is 0 Å². The lowest BCUT2D eigenvalue weighted by Gasteiger charge is -2.10. The first-order valence-corrected chi connectivity index (χ1v) is 9.28. The molecule has 29 heavy (non-hydrogen) atoms. The first-order chi connectivity index (χ1) is 13.9. The van der Waals surface area contributed by atoms with Gasteiger partial charge in [0.2, 0.25) is 5.91 Å². The first kappa shape index (κ1) is 20.0. The molecule has 0 atom stereocenters. The summed E-state index contributed by atoms with van der Waals surface area (Å²) < 4.78 is 1.36. The van der Waals surface area contributed by atoms with E-state index in [2.05, 4.69) is 10.4 Å². The summed E-state index contributed by atoms with van der Waals surface area (Å²) in [6, 6.07) is 17.6. The molecule has 148 valence electrons. The zero-order chi connectivity index (χ0) is 20.8. The number of anilines is 1. The van der Waals surface area contributed by atoms with E-state index in [-0.39, 0.29) is 23.5 Å². The Morgan fingerprint density at radius 3 is 2.48 bits per heavy atom. The molecule has 3 N–H and O–H groups in total. The Hall–Kier alpha value is -3.74. The van der Waals surface area contributed by atoms with Crippen LogP contribution in [-0.2, 0) is 11.3 Å². The Morgan fingerprint density at radius 1 is 1.03 bits per heavy atom. The Bertz CT molecular complexity index is 1090. The number of aromatic nitrogens is 2. The molecule has 7 heteroatoms. The van der Waals surface area contributed by atoms with Crippen molar-refractivity contribution >= 4 is 17.5 Å². The van der Waals surface area contributed by atoms with Crippen LogP contribution in [0.3, 0.4) is 0 Å². The summed E-state index contributed by atoms with van der Waals surface area (Å²) >= 11 is 0. The molecule has 7 nitrogen and oxygen atoms in total. The standard InChI is InChI=1S/C22H22N4O3/c1-15-8-10-16(11-9-15)18-12-13-21(28)26(25-18)14-4-7-20(27)24-19-6-3-2-5-17(19)22(23)29/h2-3,5-6,8-13H,4,7,14H2,1H3,(H2,23,29)(H,24,27). The van der Waals surface area contributed by atoms with Gasteiger partial charge in [-0.1, -0.05) is 42.0 Å². The van der Waals surface area contributed by atoms with Crippen LogP contribution in [0.4, 0.5) is 5.69 Å². The minimum atomic E-state index is -0.607. The van der Waals surface area contributed by atoms with Gasteiger partial charge in [0, 0.05) is 24.6 Å². The zero-order valence-corrected chi connectivity index (χ0v) is 16.1. The molecule has 3 aromatic rings. The van der Waals surface area contributed by atoms with Gasteiger partial charge in [-0.2, -0.15) is 5.10 Å². The number of rotatable bonds is 7. The number of hydrogen-bond acceptors (Lipinski definition) is 4. The van der Waals surface area contributed by atoms with Crippen LogP contribution in [0.25, 0.3) is 11.3 Å². The van der Waals surface area contributed by atoms with Gasteiger partial charge in [0.25, 0.3) is 11.5 Å². The van der Waals surface area contributed by atoms with E-state index in [9.17, 15) is 14.4 Å². The highest BCUT2D eigenvalue weighted by atomic mass is 16.2. The van der Waals surface area contributed by atoms with Gasteiger partial charge in [-0.15, -0.1) is 0 Å². The molecule has 0 radical (unpaired) electrons. The minimum absolute atomic E-state index is 0.177. The number of nitrogens with zero attached hydrogens (tertiary/aromatic N) is 2. The highest BCUT2D eigenvalue weighted by molar-refractivity contribution is 6.02. The molecule has 0 aliphatic heterocycles. The molecule has 3 rings (SSSR count). The molecule has 0 spiro atoms. The van der Waals surface area contributed by atoms with Gasteiger partial charge in [-0.25, -0.2) is 4.68 Å². The molecule has 0 saturated carbocycles. The molecule has 1 aromatic heterocycles. The number of carbonyl (C=O) groups is 2. The number of aryl methyl sites for hydroxylation is 2. The number of carbonyl (C=O) groups excluding carboxylic acids is 2. The summed E-state index contributed by atoms with van der Waals surface area (Å²) in [7, 11) is 0. The van der Waals surface area contributed by atoms with Crippen molar-refractivity contribution in [3.8, 4) is 11.3 Å². The van der Waals surface area contributed by atoms with Crippen LogP contribution in [0.15, 0.2) is 65.5 Å². The maximum absolute atomic E-state index is 12.2. The van der Waals surface area contributed by atoms with Gasteiger partial charge in [0.1, 0.15) is 0 Å². The average molecular weight is 390 g/mol. The molecular weight excluding hydrogens is 368 g/mol. The summed E-state index contributed by atoms with van der Waals surface area (Å²) in [5.74, 6) is -0.869. The van der Waals surface area contributed by atoms with Crippen molar-refractivity contribution in [2.45, 2.75) is 26.3 Å². The molecule has 0 bridgehead atoms.